The smallest absolute Gasteiger partial charge is 0.250 e. The van der Waals surface area contributed by atoms with Crippen molar-refractivity contribution < 1.29 is 9.90 Å². The van der Waals surface area contributed by atoms with Crippen molar-refractivity contribution >= 4 is 17.3 Å². The van der Waals surface area contributed by atoms with Gasteiger partial charge in [0, 0.05) is 30.5 Å². The summed E-state index contributed by atoms with van der Waals surface area (Å²) in [5.41, 5.74) is 1.71. The molecule has 0 saturated carbocycles. The molecular weight excluding hydrogens is 266 g/mol. The Morgan fingerprint density at radius 2 is 2.19 bits per heavy atom. The van der Waals surface area contributed by atoms with E-state index < -0.39 is 12.5 Å². The summed E-state index contributed by atoms with van der Waals surface area (Å²) in [6.45, 7) is 7.34. The lowest BCUT2D eigenvalue weighted by molar-refractivity contribution is -0.118. The maximum absolute atomic E-state index is 11.2. The molecule has 2 atom stereocenters. The van der Waals surface area contributed by atoms with Gasteiger partial charge >= 0.3 is 0 Å². The third kappa shape index (κ3) is 4.44. The van der Waals surface area contributed by atoms with Crippen LogP contribution in [0.1, 0.15) is 20.3 Å². The summed E-state index contributed by atoms with van der Waals surface area (Å²) < 4.78 is 0. The van der Waals surface area contributed by atoms with Gasteiger partial charge in [-0.1, -0.05) is 19.9 Å². The molecule has 5 nitrogen and oxygen atoms in total. The Labute approximate surface area is 126 Å². The number of aliphatic hydroxyl groups excluding tert-OH is 1. The lowest BCUT2D eigenvalue weighted by Crippen LogP contribution is -2.45. The summed E-state index contributed by atoms with van der Waals surface area (Å²) in [6, 6.07) is 8.10. The molecule has 1 aliphatic heterocycles. The highest BCUT2D eigenvalue weighted by Gasteiger charge is 2.24. The van der Waals surface area contributed by atoms with Gasteiger partial charge in [-0.25, -0.2) is 0 Å². The van der Waals surface area contributed by atoms with Crippen molar-refractivity contribution in [3.8, 4) is 0 Å². The topological polar surface area (TPSA) is 64.6 Å². The Balaban J connectivity index is 1.96. The van der Waals surface area contributed by atoms with Gasteiger partial charge in [0.25, 0.3) is 0 Å². The van der Waals surface area contributed by atoms with Crippen LogP contribution in [0.5, 0.6) is 0 Å². The second kappa shape index (κ2) is 7.43. The third-order valence-electron chi connectivity index (χ3n) is 4.08. The molecule has 2 unspecified atom stereocenters. The molecule has 2 rings (SSSR count). The minimum absolute atomic E-state index is 0.392. The fourth-order valence-electron chi connectivity index (χ4n) is 2.83. The average Bonchev–Trinajstić information content (AvgIpc) is 2.49. The summed E-state index contributed by atoms with van der Waals surface area (Å²) in [6.07, 6.45) is 1.13. The number of aliphatic hydroxyl groups is 1. The third-order valence-corrected chi connectivity index (χ3v) is 4.08. The number of likely N-dealkylation sites (tertiary alicyclic amines) is 1. The van der Waals surface area contributed by atoms with E-state index in [9.17, 15) is 4.79 Å². The van der Waals surface area contributed by atoms with E-state index in [1.54, 1.807) is 0 Å². The van der Waals surface area contributed by atoms with Gasteiger partial charge in [0.05, 0.1) is 0 Å². The number of anilines is 2. The average molecular weight is 291 g/mol. The number of amides is 1. The predicted molar refractivity (Wildman–Crippen MR) is 85.5 cm³/mol. The van der Waals surface area contributed by atoms with E-state index in [-0.39, 0.29) is 0 Å². The molecule has 1 saturated heterocycles. The molecular formula is C16H25N3O2. The van der Waals surface area contributed by atoms with Crippen LogP contribution in [-0.2, 0) is 4.79 Å². The summed E-state index contributed by atoms with van der Waals surface area (Å²) in [5.74, 6) is 0.200. The first-order valence-corrected chi connectivity index (χ1v) is 7.62. The summed E-state index contributed by atoms with van der Waals surface area (Å²) >= 11 is 0. The monoisotopic (exact) mass is 291 g/mol. The molecule has 0 aromatic heterocycles. The van der Waals surface area contributed by atoms with Gasteiger partial charge in [0.15, 0.2) is 0 Å². The van der Waals surface area contributed by atoms with E-state index in [2.05, 4.69) is 29.4 Å². The normalized spacial score (nSPS) is 22.8. The van der Waals surface area contributed by atoms with Crippen LogP contribution >= 0.6 is 0 Å². The molecule has 1 aliphatic rings. The second-order valence-corrected chi connectivity index (χ2v) is 5.70. The first kappa shape index (κ1) is 15.8. The van der Waals surface area contributed by atoms with Crippen molar-refractivity contribution in [1.82, 2.24) is 4.90 Å². The molecule has 5 heteroatoms. The van der Waals surface area contributed by atoms with Crippen molar-refractivity contribution in [3.63, 3.8) is 0 Å². The van der Waals surface area contributed by atoms with Crippen LogP contribution in [0.25, 0.3) is 0 Å². The van der Waals surface area contributed by atoms with E-state index in [1.165, 1.54) is 0 Å². The fraction of sp³-hybridized carbons (Fsp3) is 0.562. The highest BCUT2D eigenvalue weighted by Crippen LogP contribution is 2.23. The summed E-state index contributed by atoms with van der Waals surface area (Å²) in [4.78, 5) is 13.7. The van der Waals surface area contributed by atoms with E-state index in [0.717, 1.165) is 31.7 Å². The van der Waals surface area contributed by atoms with Gasteiger partial charge < -0.3 is 20.6 Å². The molecule has 1 heterocycles. The van der Waals surface area contributed by atoms with Crippen molar-refractivity contribution in [3.05, 3.63) is 24.3 Å². The van der Waals surface area contributed by atoms with Gasteiger partial charge in [-0.15, -0.1) is 0 Å². The first-order chi connectivity index (χ1) is 10.1. The molecule has 3 N–H and O–H groups in total. The fourth-order valence-corrected chi connectivity index (χ4v) is 2.83. The van der Waals surface area contributed by atoms with Crippen molar-refractivity contribution in [2.75, 3.05) is 36.9 Å². The Kier molecular flexibility index (Phi) is 5.59. The molecule has 116 valence electrons. The maximum Gasteiger partial charge on any atom is 0.250 e. The molecule has 0 bridgehead atoms. The Hall–Kier alpha value is -1.59. The molecule has 1 amide bonds. The van der Waals surface area contributed by atoms with Crippen LogP contribution in [0, 0.1) is 5.92 Å². The molecule has 21 heavy (non-hydrogen) atoms. The number of hydrogen-bond acceptors (Lipinski definition) is 4. The van der Waals surface area contributed by atoms with Crippen LogP contribution in [0.2, 0.25) is 0 Å². The summed E-state index contributed by atoms with van der Waals surface area (Å²) in [5, 5.41) is 15.0. The zero-order chi connectivity index (χ0) is 15.2. The largest absolute Gasteiger partial charge is 0.387 e. The zero-order valence-electron chi connectivity index (χ0n) is 12.8. The molecule has 0 aliphatic carbocycles. The van der Waals surface area contributed by atoms with Crippen LogP contribution in [0.15, 0.2) is 24.3 Å². The number of nitrogens with zero attached hydrogens (tertiary/aromatic N) is 1. The van der Waals surface area contributed by atoms with Crippen LogP contribution < -0.4 is 10.6 Å². The Morgan fingerprint density at radius 1 is 1.43 bits per heavy atom. The van der Waals surface area contributed by atoms with Crippen LogP contribution in [0.4, 0.5) is 11.4 Å². The number of carbonyl (C=O) groups excluding carboxylic acids is 1. The highest BCUT2D eigenvalue weighted by atomic mass is 16.3. The molecule has 1 aromatic rings. The van der Waals surface area contributed by atoms with E-state index in [4.69, 9.17) is 5.11 Å². The predicted octanol–water partition coefficient (Wildman–Crippen LogP) is 1.76. The lowest BCUT2D eigenvalue weighted by Gasteiger charge is -2.37. The molecule has 1 fully saturated rings. The maximum atomic E-state index is 11.2. The number of rotatable bonds is 5. The van der Waals surface area contributed by atoms with Crippen molar-refractivity contribution in [2.45, 2.75) is 26.3 Å². The number of hydrogen-bond donors (Lipinski definition) is 3. The first-order valence-electron chi connectivity index (χ1n) is 7.62. The minimum Gasteiger partial charge on any atom is -0.387 e. The Bertz CT molecular complexity index is 478. The standard InChI is InChI=1S/C16H25N3O2/c1-3-19-8-7-15(12(2)10-19)17-13-5-4-6-14(9-13)18-16(21)11-20/h4-6,9,12,15,17,20H,3,7-8,10-11H2,1-2H3,(H,18,21). The van der Waals surface area contributed by atoms with Gasteiger partial charge in [-0.2, -0.15) is 0 Å². The number of piperidine rings is 1. The van der Waals surface area contributed by atoms with Crippen LogP contribution in [-0.4, -0.2) is 48.2 Å². The summed E-state index contributed by atoms with van der Waals surface area (Å²) in [7, 11) is 0. The SMILES string of the molecule is CCN1CCC(Nc2cccc(NC(=O)CO)c2)C(C)C1. The Morgan fingerprint density at radius 3 is 2.86 bits per heavy atom. The van der Waals surface area contributed by atoms with E-state index in [0.29, 0.717) is 17.6 Å². The number of benzene rings is 1. The number of nitrogens with one attached hydrogen (secondary N) is 2. The molecule has 0 radical (unpaired) electrons. The number of carbonyl (C=O) groups is 1. The van der Waals surface area contributed by atoms with Gasteiger partial charge in [-0.3, -0.25) is 4.79 Å². The van der Waals surface area contributed by atoms with E-state index >= 15 is 0 Å². The quantitative estimate of drug-likeness (QED) is 0.773. The molecule has 0 spiro atoms. The second-order valence-electron chi connectivity index (χ2n) is 5.70. The van der Waals surface area contributed by atoms with E-state index in [1.807, 2.05) is 24.3 Å². The lowest BCUT2D eigenvalue weighted by atomic mass is 9.93. The van der Waals surface area contributed by atoms with Gasteiger partial charge in [-0.05, 0) is 37.1 Å². The van der Waals surface area contributed by atoms with Gasteiger partial charge in [0.2, 0.25) is 5.91 Å². The van der Waals surface area contributed by atoms with Crippen LogP contribution in [0.3, 0.4) is 0 Å². The van der Waals surface area contributed by atoms with Gasteiger partial charge in [0.1, 0.15) is 6.61 Å². The van der Waals surface area contributed by atoms with Crippen molar-refractivity contribution in [1.29, 1.82) is 0 Å². The van der Waals surface area contributed by atoms with Crippen molar-refractivity contribution in [2.24, 2.45) is 5.92 Å². The zero-order valence-corrected chi connectivity index (χ0v) is 12.8. The minimum atomic E-state index is -0.496. The highest BCUT2D eigenvalue weighted by molar-refractivity contribution is 5.91. The molecule has 1 aromatic carbocycles.